The van der Waals surface area contributed by atoms with Crippen LogP contribution in [-0.2, 0) is 4.79 Å². The van der Waals surface area contributed by atoms with Gasteiger partial charge in [0.05, 0.1) is 6.04 Å². The highest BCUT2D eigenvalue weighted by Gasteiger charge is 2.49. The van der Waals surface area contributed by atoms with Crippen LogP contribution in [0, 0.1) is 5.92 Å². The molecule has 1 amide bonds. The lowest BCUT2D eigenvalue weighted by molar-refractivity contribution is -0.132. The predicted octanol–water partition coefficient (Wildman–Crippen LogP) is 0.359. The van der Waals surface area contributed by atoms with Crippen LogP contribution in [0.15, 0.2) is 0 Å². The first kappa shape index (κ1) is 7.80. The highest BCUT2D eigenvalue weighted by Crippen LogP contribution is 2.44. The number of piperidine rings is 1. The van der Waals surface area contributed by atoms with Crippen molar-refractivity contribution in [2.45, 2.75) is 37.8 Å². The summed E-state index contributed by atoms with van der Waals surface area (Å²) in [6, 6.07) is 0.786. The van der Waals surface area contributed by atoms with Crippen LogP contribution < -0.4 is 5.32 Å². The third-order valence-corrected chi connectivity index (χ3v) is 3.67. The predicted molar refractivity (Wildman–Crippen MR) is 49.2 cm³/mol. The summed E-state index contributed by atoms with van der Waals surface area (Å²) < 4.78 is 0. The fourth-order valence-corrected chi connectivity index (χ4v) is 2.76. The zero-order valence-electron chi connectivity index (χ0n) is 7.83. The van der Waals surface area contributed by atoms with Gasteiger partial charge in [-0.15, -0.1) is 0 Å². The van der Waals surface area contributed by atoms with Crippen molar-refractivity contribution in [3.05, 3.63) is 0 Å². The van der Waals surface area contributed by atoms with Crippen molar-refractivity contribution in [1.29, 1.82) is 0 Å². The maximum absolute atomic E-state index is 11.9. The second kappa shape index (κ2) is 2.71. The van der Waals surface area contributed by atoms with Crippen LogP contribution in [0.1, 0.15) is 25.7 Å². The molecule has 2 aliphatic heterocycles. The van der Waals surface area contributed by atoms with Crippen LogP contribution in [0.5, 0.6) is 0 Å². The number of hydrogen-bond acceptors (Lipinski definition) is 2. The lowest BCUT2D eigenvalue weighted by Gasteiger charge is -2.21. The van der Waals surface area contributed by atoms with Gasteiger partial charge in [-0.1, -0.05) is 0 Å². The maximum atomic E-state index is 11.9. The Kier molecular flexibility index (Phi) is 1.62. The minimum Gasteiger partial charge on any atom is -0.338 e. The molecule has 3 atom stereocenters. The van der Waals surface area contributed by atoms with Gasteiger partial charge in [0.1, 0.15) is 0 Å². The molecule has 0 spiro atoms. The Hall–Kier alpha value is -0.570. The molecule has 3 unspecified atom stereocenters. The van der Waals surface area contributed by atoms with E-state index in [4.69, 9.17) is 0 Å². The lowest BCUT2D eigenvalue weighted by Crippen LogP contribution is -2.43. The standard InChI is InChI=1S/C10H16N2O/c13-10(8-2-1-4-11-8)12-5-3-7-6-9(7)12/h7-9,11H,1-6H2. The highest BCUT2D eigenvalue weighted by molar-refractivity contribution is 5.83. The molecule has 1 N–H and O–H groups in total. The maximum Gasteiger partial charge on any atom is 0.239 e. The summed E-state index contributed by atoms with van der Waals surface area (Å²) >= 11 is 0. The molecule has 3 rings (SSSR count). The van der Waals surface area contributed by atoms with Crippen molar-refractivity contribution in [2.75, 3.05) is 13.1 Å². The summed E-state index contributed by atoms with van der Waals surface area (Å²) in [4.78, 5) is 14.1. The van der Waals surface area contributed by atoms with Gasteiger partial charge in [-0.2, -0.15) is 0 Å². The molecule has 3 nitrogen and oxygen atoms in total. The number of amides is 1. The number of fused-ring (bicyclic) bond motifs is 1. The molecule has 0 radical (unpaired) electrons. The molecular formula is C10H16N2O. The van der Waals surface area contributed by atoms with Gasteiger partial charge in [-0.25, -0.2) is 0 Å². The van der Waals surface area contributed by atoms with E-state index in [1.54, 1.807) is 0 Å². The highest BCUT2D eigenvalue weighted by atomic mass is 16.2. The van der Waals surface area contributed by atoms with Gasteiger partial charge in [0.15, 0.2) is 0 Å². The van der Waals surface area contributed by atoms with Crippen molar-refractivity contribution in [3.63, 3.8) is 0 Å². The van der Waals surface area contributed by atoms with E-state index in [-0.39, 0.29) is 6.04 Å². The van der Waals surface area contributed by atoms with Gasteiger partial charge in [0.25, 0.3) is 0 Å². The summed E-state index contributed by atoms with van der Waals surface area (Å²) in [6.45, 7) is 2.05. The SMILES string of the molecule is O=C(C1CCCN1)N1CCC2CC21. The molecule has 3 heteroatoms. The summed E-state index contributed by atoms with van der Waals surface area (Å²) in [5.74, 6) is 1.24. The van der Waals surface area contributed by atoms with Crippen LogP contribution in [0.25, 0.3) is 0 Å². The molecule has 13 heavy (non-hydrogen) atoms. The first-order valence-electron chi connectivity index (χ1n) is 5.40. The molecule has 72 valence electrons. The number of rotatable bonds is 1. The monoisotopic (exact) mass is 180 g/mol. The Balaban J connectivity index is 1.66. The van der Waals surface area contributed by atoms with Gasteiger partial charge in [0, 0.05) is 12.6 Å². The first-order valence-corrected chi connectivity index (χ1v) is 5.40. The number of carbonyl (C=O) groups is 1. The van der Waals surface area contributed by atoms with Crippen molar-refractivity contribution in [2.24, 2.45) is 5.92 Å². The fourth-order valence-electron chi connectivity index (χ4n) is 2.76. The largest absolute Gasteiger partial charge is 0.338 e. The van der Waals surface area contributed by atoms with Crippen molar-refractivity contribution < 1.29 is 4.79 Å². The number of carbonyl (C=O) groups excluding carboxylic acids is 1. The molecular weight excluding hydrogens is 164 g/mol. The van der Waals surface area contributed by atoms with Crippen LogP contribution >= 0.6 is 0 Å². The fraction of sp³-hybridized carbons (Fsp3) is 0.900. The van der Waals surface area contributed by atoms with Crippen LogP contribution in [0.3, 0.4) is 0 Å². The van der Waals surface area contributed by atoms with Gasteiger partial charge in [-0.3, -0.25) is 4.79 Å². The average Bonchev–Trinajstić information content (AvgIpc) is 2.67. The number of hydrogen-bond donors (Lipinski definition) is 1. The van der Waals surface area contributed by atoms with Gasteiger partial charge < -0.3 is 10.2 Å². The van der Waals surface area contributed by atoms with E-state index in [9.17, 15) is 4.79 Å². The third-order valence-electron chi connectivity index (χ3n) is 3.67. The molecule has 3 aliphatic rings. The Morgan fingerprint density at radius 1 is 1.38 bits per heavy atom. The topological polar surface area (TPSA) is 32.3 Å². The second-order valence-electron chi connectivity index (χ2n) is 4.53. The zero-order chi connectivity index (χ0) is 8.84. The lowest BCUT2D eigenvalue weighted by atomic mass is 10.2. The Morgan fingerprint density at radius 2 is 2.31 bits per heavy atom. The average molecular weight is 180 g/mol. The van der Waals surface area contributed by atoms with Gasteiger partial charge in [0.2, 0.25) is 5.91 Å². The van der Waals surface area contributed by atoms with E-state index >= 15 is 0 Å². The molecule has 0 aromatic carbocycles. The van der Waals surface area contributed by atoms with Gasteiger partial charge >= 0.3 is 0 Å². The number of nitrogens with zero attached hydrogens (tertiary/aromatic N) is 1. The smallest absolute Gasteiger partial charge is 0.239 e. The third kappa shape index (κ3) is 1.17. The van der Waals surface area contributed by atoms with E-state index in [0.717, 1.165) is 25.4 Å². The summed E-state index contributed by atoms with van der Waals surface area (Å²) in [5, 5.41) is 3.28. The molecule has 1 aliphatic carbocycles. The zero-order valence-corrected chi connectivity index (χ0v) is 7.83. The Bertz CT molecular complexity index is 235. The van der Waals surface area contributed by atoms with E-state index < -0.39 is 0 Å². The molecule has 0 aromatic rings. The van der Waals surface area contributed by atoms with E-state index in [1.165, 1.54) is 19.3 Å². The number of likely N-dealkylation sites (tertiary alicyclic amines) is 1. The summed E-state index contributed by atoms with van der Waals surface area (Å²) in [5.41, 5.74) is 0. The van der Waals surface area contributed by atoms with Crippen molar-refractivity contribution >= 4 is 5.91 Å². The molecule has 2 saturated heterocycles. The van der Waals surface area contributed by atoms with Crippen molar-refractivity contribution in [3.8, 4) is 0 Å². The summed E-state index contributed by atoms with van der Waals surface area (Å²) in [6.07, 6.45) is 4.74. The first-order chi connectivity index (χ1) is 6.36. The Morgan fingerprint density at radius 3 is 2.85 bits per heavy atom. The van der Waals surface area contributed by atoms with Crippen LogP contribution in [0.4, 0.5) is 0 Å². The van der Waals surface area contributed by atoms with Crippen LogP contribution in [0.2, 0.25) is 0 Å². The quantitative estimate of drug-likeness (QED) is 0.632. The molecule has 0 bridgehead atoms. The van der Waals surface area contributed by atoms with Crippen LogP contribution in [-0.4, -0.2) is 36.0 Å². The minimum atomic E-state index is 0.152. The second-order valence-corrected chi connectivity index (χ2v) is 4.53. The number of nitrogens with one attached hydrogen (secondary N) is 1. The molecule has 1 saturated carbocycles. The van der Waals surface area contributed by atoms with Crippen molar-refractivity contribution in [1.82, 2.24) is 10.2 Å². The van der Waals surface area contributed by atoms with Gasteiger partial charge in [-0.05, 0) is 38.1 Å². The molecule has 3 fully saturated rings. The summed E-state index contributed by atoms with van der Waals surface area (Å²) in [7, 11) is 0. The van der Waals surface area contributed by atoms with E-state index in [1.807, 2.05) is 0 Å². The van der Waals surface area contributed by atoms with E-state index in [2.05, 4.69) is 10.2 Å². The molecule has 2 heterocycles. The molecule has 0 aromatic heterocycles. The normalized spacial score (nSPS) is 42.2. The van der Waals surface area contributed by atoms with E-state index in [0.29, 0.717) is 11.9 Å². The minimum absolute atomic E-state index is 0.152. The Labute approximate surface area is 78.5 Å².